The number of allylic oxidation sites excluding steroid dienone is 2. The minimum atomic E-state index is -0.689. The highest BCUT2D eigenvalue weighted by Gasteiger charge is 2.00. The standard InChI is InChI=1S/C20H38O2/c1-18(2)14-10-6-4-5-7-11-15-19(3)16-12-8-9-13-17-20(21)22/h8,12,18-19H,4-7,9-11,13-17H2,1-3H3,(H,21,22). The number of unbranched alkanes of at least 4 members (excludes halogenated alkanes) is 6. The van der Waals surface area contributed by atoms with Gasteiger partial charge in [0.05, 0.1) is 0 Å². The maximum absolute atomic E-state index is 10.4. The fourth-order valence-corrected chi connectivity index (χ4v) is 2.69. The van der Waals surface area contributed by atoms with Crippen LogP contribution in [0.4, 0.5) is 0 Å². The Morgan fingerprint density at radius 1 is 0.864 bits per heavy atom. The number of hydrogen-bond acceptors (Lipinski definition) is 1. The minimum absolute atomic E-state index is 0.289. The molecule has 1 atom stereocenters. The first kappa shape index (κ1) is 21.2. The van der Waals surface area contributed by atoms with E-state index < -0.39 is 5.97 Å². The van der Waals surface area contributed by atoms with Crippen molar-refractivity contribution in [3.63, 3.8) is 0 Å². The fourth-order valence-electron chi connectivity index (χ4n) is 2.69. The van der Waals surface area contributed by atoms with Crippen molar-refractivity contribution in [3.8, 4) is 0 Å². The summed E-state index contributed by atoms with van der Waals surface area (Å²) in [5.41, 5.74) is 0. The first-order valence-electron chi connectivity index (χ1n) is 9.39. The summed E-state index contributed by atoms with van der Waals surface area (Å²) in [5, 5.41) is 8.55. The Labute approximate surface area is 138 Å². The van der Waals surface area contributed by atoms with Crippen LogP contribution in [0.25, 0.3) is 0 Å². The van der Waals surface area contributed by atoms with Crippen LogP contribution in [-0.4, -0.2) is 11.1 Å². The van der Waals surface area contributed by atoms with Crippen LogP contribution in [0.3, 0.4) is 0 Å². The number of rotatable bonds is 15. The average molecular weight is 311 g/mol. The maximum Gasteiger partial charge on any atom is 0.303 e. The Balaban J connectivity index is 3.30. The van der Waals surface area contributed by atoms with Crippen LogP contribution < -0.4 is 0 Å². The van der Waals surface area contributed by atoms with E-state index in [0.29, 0.717) is 0 Å². The van der Waals surface area contributed by atoms with Gasteiger partial charge in [0.2, 0.25) is 0 Å². The van der Waals surface area contributed by atoms with Crippen LogP contribution in [0.5, 0.6) is 0 Å². The molecule has 0 fully saturated rings. The van der Waals surface area contributed by atoms with Crippen LogP contribution in [0, 0.1) is 11.8 Å². The quantitative estimate of drug-likeness (QED) is 0.273. The van der Waals surface area contributed by atoms with Gasteiger partial charge in [0.25, 0.3) is 0 Å². The van der Waals surface area contributed by atoms with Crippen LogP contribution >= 0.6 is 0 Å². The van der Waals surface area contributed by atoms with Crippen molar-refractivity contribution in [3.05, 3.63) is 12.2 Å². The van der Waals surface area contributed by atoms with Crippen molar-refractivity contribution in [2.75, 3.05) is 0 Å². The predicted octanol–water partition coefficient (Wildman–Crippen LogP) is 6.60. The van der Waals surface area contributed by atoms with E-state index in [1.54, 1.807) is 0 Å². The average Bonchev–Trinajstić information content (AvgIpc) is 2.44. The highest BCUT2D eigenvalue weighted by Crippen LogP contribution is 2.16. The second-order valence-electron chi connectivity index (χ2n) is 7.19. The van der Waals surface area contributed by atoms with Gasteiger partial charge in [-0.2, -0.15) is 0 Å². The van der Waals surface area contributed by atoms with E-state index in [2.05, 4.69) is 32.9 Å². The SMILES string of the molecule is CC(C)CCCCCCCCC(C)CC=CCCCC(=O)O. The third kappa shape index (κ3) is 17.3. The lowest BCUT2D eigenvalue weighted by atomic mass is 9.98. The van der Waals surface area contributed by atoms with E-state index in [-0.39, 0.29) is 6.42 Å². The molecule has 0 amide bonds. The molecule has 1 N–H and O–H groups in total. The highest BCUT2D eigenvalue weighted by molar-refractivity contribution is 5.66. The van der Waals surface area contributed by atoms with Gasteiger partial charge in [0, 0.05) is 6.42 Å². The molecule has 0 aliphatic rings. The molecule has 2 heteroatoms. The third-order valence-electron chi connectivity index (χ3n) is 4.19. The van der Waals surface area contributed by atoms with E-state index in [9.17, 15) is 4.79 Å². The molecule has 0 heterocycles. The normalized spacial score (nSPS) is 13.1. The lowest BCUT2D eigenvalue weighted by Gasteiger charge is -2.08. The zero-order chi connectivity index (χ0) is 16.6. The highest BCUT2D eigenvalue weighted by atomic mass is 16.4. The fraction of sp³-hybridized carbons (Fsp3) is 0.850. The first-order valence-corrected chi connectivity index (χ1v) is 9.39. The second-order valence-corrected chi connectivity index (χ2v) is 7.19. The van der Waals surface area contributed by atoms with Crippen molar-refractivity contribution < 1.29 is 9.90 Å². The van der Waals surface area contributed by atoms with Gasteiger partial charge in [-0.15, -0.1) is 0 Å². The van der Waals surface area contributed by atoms with Crippen LogP contribution in [0.15, 0.2) is 12.2 Å². The molecule has 0 aliphatic heterocycles. The summed E-state index contributed by atoms with van der Waals surface area (Å²) in [5.74, 6) is 0.931. The van der Waals surface area contributed by atoms with Crippen molar-refractivity contribution in [2.24, 2.45) is 11.8 Å². The van der Waals surface area contributed by atoms with Gasteiger partial charge in [-0.05, 0) is 31.1 Å². The summed E-state index contributed by atoms with van der Waals surface area (Å²) >= 11 is 0. The smallest absolute Gasteiger partial charge is 0.303 e. The molecule has 0 rings (SSSR count). The second kappa shape index (κ2) is 15.1. The molecular weight excluding hydrogens is 272 g/mol. The summed E-state index contributed by atoms with van der Waals surface area (Å²) < 4.78 is 0. The van der Waals surface area contributed by atoms with E-state index >= 15 is 0 Å². The maximum atomic E-state index is 10.4. The Morgan fingerprint density at radius 3 is 2.05 bits per heavy atom. The number of carboxylic acids is 1. The molecule has 0 aromatic heterocycles. The van der Waals surface area contributed by atoms with Crippen molar-refractivity contribution in [1.29, 1.82) is 0 Å². The van der Waals surface area contributed by atoms with Gasteiger partial charge in [-0.3, -0.25) is 4.79 Å². The van der Waals surface area contributed by atoms with Gasteiger partial charge < -0.3 is 5.11 Å². The van der Waals surface area contributed by atoms with E-state index in [1.807, 2.05) is 0 Å². The van der Waals surface area contributed by atoms with Crippen molar-refractivity contribution in [1.82, 2.24) is 0 Å². The third-order valence-corrected chi connectivity index (χ3v) is 4.19. The minimum Gasteiger partial charge on any atom is -0.481 e. The van der Waals surface area contributed by atoms with Gasteiger partial charge in [-0.25, -0.2) is 0 Å². The molecule has 0 aliphatic carbocycles. The zero-order valence-corrected chi connectivity index (χ0v) is 15.2. The molecule has 0 saturated heterocycles. The summed E-state index contributed by atoms with van der Waals surface area (Å²) in [6.07, 6.45) is 18.5. The number of hydrogen-bond donors (Lipinski definition) is 1. The Hall–Kier alpha value is -0.790. The molecule has 2 nitrogen and oxygen atoms in total. The van der Waals surface area contributed by atoms with Crippen LogP contribution in [-0.2, 0) is 4.79 Å². The Morgan fingerprint density at radius 2 is 1.45 bits per heavy atom. The molecule has 0 radical (unpaired) electrons. The molecule has 0 aromatic carbocycles. The Bertz CT molecular complexity index is 281. The topological polar surface area (TPSA) is 37.3 Å². The van der Waals surface area contributed by atoms with Gasteiger partial charge in [0.1, 0.15) is 0 Å². The van der Waals surface area contributed by atoms with Crippen LogP contribution in [0.2, 0.25) is 0 Å². The van der Waals surface area contributed by atoms with Gasteiger partial charge in [-0.1, -0.05) is 84.3 Å². The lowest BCUT2D eigenvalue weighted by molar-refractivity contribution is -0.137. The molecule has 1 unspecified atom stereocenters. The molecule has 22 heavy (non-hydrogen) atoms. The Kier molecular flexibility index (Phi) is 14.6. The number of carbonyl (C=O) groups is 1. The molecule has 0 aromatic rings. The first-order chi connectivity index (χ1) is 10.5. The molecular formula is C20H38O2. The molecule has 0 spiro atoms. The van der Waals surface area contributed by atoms with Gasteiger partial charge in [0.15, 0.2) is 0 Å². The van der Waals surface area contributed by atoms with E-state index in [1.165, 1.54) is 51.4 Å². The largest absolute Gasteiger partial charge is 0.481 e. The number of aliphatic carboxylic acids is 1. The molecule has 0 saturated carbocycles. The van der Waals surface area contributed by atoms with Crippen LogP contribution in [0.1, 0.15) is 97.8 Å². The summed E-state index contributed by atoms with van der Waals surface area (Å²) in [7, 11) is 0. The summed E-state index contributed by atoms with van der Waals surface area (Å²) in [4.78, 5) is 10.4. The van der Waals surface area contributed by atoms with E-state index in [4.69, 9.17) is 5.11 Å². The van der Waals surface area contributed by atoms with Gasteiger partial charge >= 0.3 is 5.97 Å². The summed E-state index contributed by atoms with van der Waals surface area (Å²) in [6, 6.07) is 0. The van der Waals surface area contributed by atoms with E-state index in [0.717, 1.165) is 31.1 Å². The lowest BCUT2D eigenvalue weighted by Crippen LogP contribution is -1.94. The predicted molar refractivity (Wildman–Crippen MR) is 96.2 cm³/mol. The van der Waals surface area contributed by atoms with Crippen molar-refractivity contribution in [2.45, 2.75) is 97.8 Å². The molecule has 0 bridgehead atoms. The zero-order valence-electron chi connectivity index (χ0n) is 15.2. The molecule has 130 valence electrons. The van der Waals surface area contributed by atoms with Crippen molar-refractivity contribution >= 4 is 5.97 Å². The number of carboxylic acid groups (broad SMARTS) is 1. The monoisotopic (exact) mass is 310 g/mol. The summed E-state index contributed by atoms with van der Waals surface area (Å²) in [6.45, 7) is 6.94.